The molecular weight excluding hydrogens is 339 g/mol. The van der Waals surface area contributed by atoms with Crippen LogP contribution in [0.3, 0.4) is 0 Å². The van der Waals surface area contributed by atoms with Crippen molar-refractivity contribution in [3.8, 4) is 0 Å². The number of hydrogen-bond acceptors (Lipinski definition) is 3. The summed E-state index contributed by atoms with van der Waals surface area (Å²) in [7, 11) is 0. The third-order valence-corrected chi connectivity index (χ3v) is 5.98. The van der Waals surface area contributed by atoms with Crippen molar-refractivity contribution in [3.63, 3.8) is 0 Å². The van der Waals surface area contributed by atoms with Gasteiger partial charge in [-0.25, -0.2) is 9.18 Å². The largest absolute Gasteiger partial charge is 0.481 e. The number of fused-ring (bicyclic) bond motifs is 2. The molecule has 1 unspecified atom stereocenters. The molecule has 2 fully saturated rings. The predicted octanol–water partition coefficient (Wildman–Crippen LogP) is 3.47. The van der Waals surface area contributed by atoms with Crippen LogP contribution < -0.4 is 4.90 Å². The number of carboxylic acid groups (broad SMARTS) is 2. The van der Waals surface area contributed by atoms with Crippen LogP contribution in [0.25, 0.3) is 0 Å². The number of amides is 1. The molecule has 0 saturated heterocycles. The topological polar surface area (TPSA) is 81.1 Å². The summed E-state index contributed by atoms with van der Waals surface area (Å²) in [6, 6.07) is 4.78. The number of anilines is 1. The molecule has 1 aromatic carbocycles. The van der Waals surface area contributed by atoms with Gasteiger partial charge in [-0.3, -0.25) is 14.6 Å². The van der Waals surface area contributed by atoms with Crippen LogP contribution >= 0.6 is 0 Å². The van der Waals surface area contributed by atoms with E-state index in [4.69, 9.17) is 5.11 Å². The highest BCUT2D eigenvalue weighted by molar-refractivity contribution is 5.89. The summed E-state index contributed by atoms with van der Waals surface area (Å²) in [6.07, 6.45) is 3.56. The van der Waals surface area contributed by atoms with Crippen molar-refractivity contribution < 1.29 is 24.2 Å². The van der Waals surface area contributed by atoms with E-state index in [1.807, 2.05) is 0 Å². The number of nitrogens with zero attached hydrogens (tertiary/aromatic N) is 2. The molecule has 7 heteroatoms. The molecule has 3 atom stereocenters. The summed E-state index contributed by atoms with van der Waals surface area (Å²) in [5.41, 5.74) is 1.31. The lowest BCUT2D eigenvalue weighted by Crippen LogP contribution is -2.58. The molecule has 2 N–H and O–H groups in total. The molecule has 2 saturated carbocycles. The zero-order valence-corrected chi connectivity index (χ0v) is 14.5. The third-order valence-electron chi connectivity index (χ3n) is 5.98. The Hall–Kier alpha value is -2.15. The average molecular weight is 362 g/mol. The Morgan fingerprint density at radius 1 is 1.19 bits per heavy atom. The minimum Gasteiger partial charge on any atom is -0.481 e. The maximum Gasteiger partial charge on any atom is 0.412 e. The van der Waals surface area contributed by atoms with E-state index >= 15 is 0 Å². The standard InChI is InChI=1S/C19H23FN2O4/c20-11-3-6-14-16(10-11)22(19(25)26)15-8-7-13(15)18(14)21(12-4-5-12)9-1-2-17(23)24/h3,6,10,12-13,15,18H,1-2,4-5,7-9H2,(H,23,24)(H,25,26)/t13-,15+,18?/m0/s1. The Bertz CT molecular complexity index is 736. The van der Waals surface area contributed by atoms with Gasteiger partial charge in [0.1, 0.15) is 5.82 Å². The van der Waals surface area contributed by atoms with Crippen molar-refractivity contribution >= 4 is 17.7 Å². The monoisotopic (exact) mass is 362 g/mol. The Morgan fingerprint density at radius 3 is 2.54 bits per heavy atom. The van der Waals surface area contributed by atoms with E-state index in [0.717, 1.165) is 31.2 Å². The minimum atomic E-state index is -1.03. The van der Waals surface area contributed by atoms with Gasteiger partial charge in [-0.05, 0) is 62.3 Å². The SMILES string of the molecule is O=C(O)CCCN(C1CC1)C1c2ccc(F)cc2N(C(=O)O)[C@@H]2CC[C@H]12. The van der Waals surface area contributed by atoms with Gasteiger partial charge in [0.25, 0.3) is 0 Å². The Labute approximate surface area is 151 Å². The quantitative estimate of drug-likeness (QED) is 0.810. The second kappa shape index (κ2) is 6.54. The second-order valence-corrected chi connectivity index (χ2v) is 7.58. The number of benzene rings is 1. The van der Waals surface area contributed by atoms with Crippen LogP contribution in [-0.4, -0.2) is 45.8 Å². The maximum atomic E-state index is 13.9. The summed E-state index contributed by atoms with van der Waals surface area (Å²) in [5, 5.41) is 18.6. The molecule has 1 aromatic rings. The molecule has 140 valence electrons. The summed E-state index contributed by atoms with van der Waals surface area (Å²) >= 11 is 0. The van der Waals surface area contributed by atoms with E-state index in [1.165, 1.54) is 17.0 Å². The number of carbonyl (C=O) groups is 2. The summed E-state index contributed by atoms with van der Waals surface area (Å²) in [5.74, 6) is -1.05. The number of rotatable bonds is 6. The smallest absolute Gasteiger partial charge is 0.412 e. The molecule has 6 nitrogen and oxygen atoms in total. The van der Waals surface area contributed by atoms with Crippen LogP contribution in [0.5, 0.6) is 0 Å². The van der Waals surface area contributed by atoms with Crippen molar-refractivity contribution in [2.24, 2.45) is 5.92 Å². The van der Waals surface area contributed by atoms with Gasteiger partial charge in [0.05, 0.1) is 5.69 Å². The maximum absolute atomic E-state index is 13.9. The second-order valence-electron chi connectivity index (χ2n) is 7.58. The normalized spacial score (nSPS) is 26.8. The number of carboxylic acids is 1. The van der Waals surface area contributed by atoms with E-state index in [0.29, 0.717) is 24.7 Å². The van der Waals surface area contributed by atoms with Crippen LogP contribution in [0.15, 0.2) is 18.2 Å². The van der Waals surface area contributed by atoms with E-state index in [-0.39, 0.29) is 24.4 Å². The predicted molar refractivity (Wildman–Crippen MR) is 92.8 cm³/mol. The van der Waals surface area contributed by atoms with Crippen molar-refractivity contribution in [2.75, 3.05) is 11.4 Å². The van der Waals surface area contributed by atoms with Crippen molar-refractivity contribution in [3.05, 3.63) is 29.6 Å². The van der Waals surface area contributed by atoms with Gasteiger partial charge in [-0.2, -0.15) is 0 Å². The van der Waals surface area contributed by atoms with Gasteiger partial charge < -0.3 is 10.2 Å². The highest BCUT2D eigenvalue weighted by Crippen LogP contribution is 2.54. The summed E-state index contributed by atoms with van der Waals surface area (Å²) in [6.45, 7) is 0.675. The van der Waals surface area contributed by atoms with Crippen LogP contribution in [0.4, 0.5) is 14.9 Å². The van der Waals surface area contributed by atoms with E-state index < -0.39 is 17.9 Å². The van der Waals surface area contributed by atoms with Crippen molar-refractivity contribution in [2.45, 2.75) is 56.7 Å². The molecule has 1 aliphatic heterocycles. The number of aliphatic carboxylic acids is 1. The van der Waals surface area contributed by atoms with Gasteiger partial charge in [-0.1, -0.05) is 6.07 Å². The highest BCUT2D eigenvalue weighted by Gasteiger charge is 2.52. The fraction of sp³-hybridized carbons (Fsp3) is 0.579. The lowest BCUT2D eigenvalue weighted by Gasteiger charge is -2.54. The van der Waals surface area contributed by atoms with Gasteiger partial charge >= 0.3 is 12.1 Å². The van der Waals surface area contributed by atoms with Gasteiger partial charge in [0.15, 0.2) is 0 Å². The molecule has 26 heavy (non-hydrogen) atoms. The first-order valence-corrected chi connectivity index (χ1v) is 9.26. The van der Waals surface area contributed by atoms with Crippen LogP contribution in [-0.2, 0) is 4.79 Å². The Morgan fingerprint density at radius 2 is 1.96 bits per heavy atom. The molecule has 0 radical (unpaired) electrons. The number of halogens is 1. The molecule has 3 aliphatic rings. The van der Waals surface area contributed by atoms with Crippen LogP contribution in [0, 0.1) is 11.7 Å². The molecule has 1 heterocycles. The first-order valence-electron chi connectivity index (χ1n) is 9.26. The van der Waals surface area contributed by atoms with Gasteiger partial charge in [-0.15, -0.1) is 0 Å². The van der Waals surface area contributed by atoms with Gasteiger partial charge in [0.2, 0.25) is 0 Å². The zero-order valence-electron chi connectivity index (χ0n) is 14.5. The van der Waals surface area contributed by atoms with E-state index in [9.17, 15) is 19.1 Å². The fourth-order valence-corrected chi connectivity index (χ4v) is 4.62. The molecule has 0 spiro atoms. The third kappa shape index (κ3) is 2.94. The van der Waals surface area contributed by atoms with Gasteiger partial charge in [0, 0.05) is 24.5 Å². The Kier molecular flexibility index (Phi) is 4.34. The molecule has 0 bridgehead atoms. The Balaban J connectivity index is 1.69. The summed E-state index contributed by atoms with van der Waals surface area (Å²) in [4.78, 5) is 26.4. The molecule has 1 amide bonds. The molecule has 4 rings (SSSR count). The summed E-state index contributed by atoms with van der Waals surface area (Å²) < 4.78 is 13.9. The zero-order chi connectivity index (χ0) is 18.4. The van der Waals surface area contributed by atoms with E-state index in [2.05, 4.69) is 4.90 Å². The minimum absolute atomic E-state index is 0.0428. The van der Waals surface area contributed by atoms with E-state index in [1.54, 1.807) is 6.07 Å². The average Bonchev–Trinajstić information content (AvgIpc) is 3.37. The first-order chi connectivity index (χ1) is 12.5. The first kappa shape index (κ1) is 17.3. The lowest BCUT2D eigenvalue weighted by molar-refractivity contribution is -0.137. The van der Waals surface area contributed by atoms with Crippen LogP contribution in [0.2, 0.25) is 0 Å². The van der Waals surface area contributed by atoms with Crippen molar-refractivity contribution in [1.29, 1.82) is 0 Å². The lowest BCUT2D eigenvalue weighted by atomic mass is 9.68. The highest BCUT2D eigenvalue weighted by atomic mass is 19.1. The fourth-order valence-electron chi connectivity index (χ4n) is 4.62. The molecule has 2 aliphatic carbocycles. The van der Waals surface area contributed by atoms with Crippen LogP contribution in [0.1, 0.15) is 50.1 Å². The number of hydrogen-bond donors (Lipinski definition) is 2. The van der Waals surface area contributed by atoms with Crippen molar-refractivity contribution in [1.82, 2.24) is 4.90 Å². The molecular formula is C19H23FN2O4. The molecule has 0 aromatic heterocycles.